The van der Waals surface area contributed by atoms with Gasteiger partial charge in [-0.25, -0.2) is 0 Å². The van der Waals surface area contributed by atoms with Gasteiger partial charge in [-0.3, -0.25) is 0 Å². The summed E-state index contributed by atoms with van der Waals surface area (Å²) in [6.07, 6.45) is 0. The van der Waals surface area contributed by atoms with Gasteiger partial charge >= 0.3 is 0 Å². The normalized spacial score (nSPS) is 12.7. The first-order chi connectivity index (χ1) is 29.0. The van der Waals surface area contributed by atoms with Gasteiger partial charge in [0, 0.05) is 42.5 Å². The van der Waals surface area contributed by atoms with Gasteiger partial charge in [-0.15, -0.1) is 11.3 Å². The molecule has 0 N–H and O–H groups in total. The second-order valence-electron chi connectivity index (χ2n) is 16.1. The average molecular weight is 772 g/mol. The Kier molecular flexibility index (Phi) is 8.43. The van der Waals surface area contributed by atoms with E-state index in [1.165, 1.54) is 86.9 Å². The summed E-state index contributed by atoms with van der Waals surface area (Å²) in [7, 11) is 0. The SMILES string of the molecule is CC1(C)c2ccccc2-c2ccc(-c3ccc(N(c4ccc5c(c4)sc4ccccc45)c4cccc(-c5ccccc5)c4-c4ccccc4-c4ccccc4)cc3)cc21. The molecule has 2 heteroatoms. The minimum absolute atomic E-state index is 0.0554. The van der Waals surface area contributed by atoms with Crippen LogP contribution >= 0.6 is 11.3 Å². The van der Waals surface area contributed by atoms with Crippen molar-refractivity contribution in [2.75, 3.05) is 4.90 Å². The van der Waals surface area contributed by atoms with Crippen molar-refractivity contribution in [2.45, 2.75) is 19.3 Å². The number of fused-ring (bicyclic) bond motifs is 6. The summed E-state index contributed by atoms with van der Waals surface area (Å²) in [5.41, 5.74) is 18.4. The summed E-state index contributed by atoms with van der Waals surface area (Å²) in [6, 6.07) is 78.2. The predicted octanol–water partition coefficient (Wildman–Crippen LogP) is 16.5. The Morgan fingerprint density at radius 2 is 0.932 bits per heavy atom. The van der Waals surface area contributed by atoms with Crippen molar-refractivity contribution in [3.05, 3.63) is 223 Å². The van der Waals surface area contributed by atoms with Gasteiger partial charge in [-0.2, -0.15) is 0 Å². The molecule has 0 spiro atoms. The Bertz CT molecular complexity index is 3170. The third-order valence-corrected chi connectivity index (χ3v) is 13.4. The summed E-state index contributed by atoms with van der Waals surface area (Å²) >= 11 is 1.86. The molecule has 280 valence electrons. The Hall–Kier alpha value is -7.00. The fourth-order valence-electron chi connectivity index (χ4n) is 9.41. The fourth-order valence-corrected chi connectivity index (χ4v) is 10.5. The van der Waals surface area contributed by atoms with E-state index in [1.807, 2.05) is 11.3 Å². The molecule has 0 fully saturated rings. The molecule has 10 aromatic rings. The summed E-state index contributed by atoms with van der Waals surface area (Å²) in [5.74, 6) is 0. The van der Waals surface area contributed by atoms with Crippen LogP contribution in [0.5, 0.6) is 0 Å². The zero-order valence-electron chi connectivity index (χ0n) is 33.1. The van der Waals surface area contributed by atoms with Crippen LogP contribution in [0.2, 0.25) is 0 Å². The smallest absolute Gasteiger partial charge is 0.0546 e. The van der Waals surface area contributed by atoms with Crippen LogP contribution in [-0.2, 0) is 5.41 Å². The van der Waals surface area contributed by atoms with Crippen molar-refractivity contribution in [1.82, 2.24) is 0 Å². The zero-order chi connectivity index (χ0) is 39.5. The van der Waals surface area contributed by atoms with Gasteiger partial charge in [-0.1, -0.05) is 184 Å². The zero-order valence-corrected chi connectivity index (χ0v) is 33.9. The molecule has 1 heterocycles. The quantitative estimate of drug-likeness (QED) is 0.156. The second kappa shape index (κ2) is 14.1. The van der Waals surface area contributed by atoms with Crippen molar-refractivity contribution in [1.29, 1.82) is 0 Å². The fraction of sp³-hybridized carbons (Fsp3) is 0.0526. The molecule has 1 aliphatic carbocycles. The highest BCUT2D eigenvalue weighted by Gasteiger charge is 2.35. The van der Waals surface area contributed by atoms with Crippen LogP contribution in [-0.4, -0.2) is 0 Å². The van der Waals surface area contributed by atoms with E-state index in [0.29, 0.717) is 0 Å². The average Bonchev–Trinajstić information content (AvgIpc) is 3.78. The van der Waals surface area contributed by atoms with E-state index in [1.54, 1.807) is 0 Å². The van der Waals surface area contributed by atoms with Crippen LogP contribution in [0.4, 0.5) is 17.1 Å². The van der Waals surface area contributed by atoms with Crippen LogP contribution in [0, 0.1) is 0 Å². The molecule has 59 heavy (non-hydrogen) atoms. The molecule has 11 rings (SSSR count). The minimum Gasteiger partial charge on any atom is -0.310 e. The molecular formula is C57H41NS. The highest BCUT2D eigenvalue weighted by Crippen LogP contribution is 2.51. The number of anilines is 3. The number of benzene rings is 9. The van der Waals surface area contributed by atoms with Crippen molar-refractivity contribution < 1.29 is 0 Å². The highest BCUT2D eigenvalue weighted by molar-refractivity contribution is 7.25. The molecule has 1 nitrogen and oxygen atoms in total. The summed E-state index contributed by atoms with van der Waals surface area (Å²) < 4.78 is 2.58. The van der Waals surface area contributed by atoms with Crippen LogP contribution in [0.1, 0.15) is 25.0 Å². The van der Waals surface area contributed by atoms with E-state index in [0.717, 1.165) is 17.1 Å². The molecular weight excluding hydrogens is 731 g/mol. The molecule has 1 aliphatic rings. The largest absolute Gasteiger partial charge is 0.310 e. The molecule has 0 unspecified atom stereocenters. The Morgan fingerprint density at radius 3 is 1.71 bits per heavy atom. The Labute approximate surface area is 350 Å². The van der Waals surface area contributed by atoms with Crippen molar-refractivity contribution in [3.63, 3.8) is 0 Å². The topological polar surface area (TPSA) is 3.24 Å². The summed E-state index contributed by atoms with van der Waals surface area (Å²) in [4.78, 5) is 2.47. The van der Waals surface area contributed by atoms with E-state index in [4.69, 9.17) is 0 Å². The van der Waals surface area contributed by atoms with E-state index < -0.39 is 0 Å². The summed E-state index contributed by atoms with van der Waals surface area (Å²) in [5, 5.41) is 2.60. The van der Waals surface area contributed by atoms with Crippen molar-refractivity contribution in [3.8, 4) is 55.6 Å². The maximum absolute atomic E-state index is 2.47. The van der Waals surface area contributed by atoms with Gasteiger partial charge in [0.15, 0.2) is 0 Å². The first-order valence-electron chi connectivity index (χ1n) is 20.4. The van der Waals surface area contributed by atoms with Gasteiger partial charge < -0.3 is 4.90 Å². The predicted molar refractivity (Wildman–Crippen MR) is 253 cm³/mol. The standard InChI is InChI=1S/C57H41NS/c1-57(2)51-25-13-11-21-46(51)47-34-30-41(36-52(47)57)38-28-31-42(32-29-38)58(43-33-35-49-48-22-12-14-27-54(48)59-55(49)37-43)53-26-15-24-45(40-18-7-4-8-19-40)56(53)50-23-10-9-20-44(50)39-16-5-3-6-17-39/h3-37H,1-2H3. The monoisotopic (exact) mass is 771 g/mol. The Morgan fingerprint density at radius 1 is 0.356 bits per heavy atom. The maximum Gasteiger partial charge on any atom is 0.0546 e. The van der Waals surface area contributed by atoms with Gasteiger partial charge in [0.25, 0.3) is 0 Å². The lowest BCUT2D eigenvalue weighted by atomic mass is 9.81. The van der Waals surface area contributed by atoms with Crippen LogP contribution in [0.15, 0.2) is 212 Å². The lowest BCUT2D eigenvalue weighted by Gasteiger charge is -2.30. The van der Waals surface area contributed by atoms with Gasteiger partial charge in [0.1, 0.15) is 0 Å². The molecule has 0 saturated heterocycles. The molecule has 9 aromatic carbocycles. The number of thiophene rings is 1. The van der Waals surface area contributed by atoms with E-state index >= 15 is 0 Å². The van der Waals surface area contributed by atoms with Crippen LogP contribution in [0.25, 0.3) is 75.8 Å². The lowest BCUT2D eigenvalue weighted by molar-refractivity contribution is 0.660. The Balaban J connectivity index is 1.12. The lowest BCUT2D eigenvalue weighted by Crippen LogP contribution is -2.14. The van der Waals surface area contributed by atoms with E-state index in [2.05, 4.69) is 231 Å². The molecule has 1 aromatic heterocycles. The van der Waals surface area contributed by atoms with Gasteiger partial charge in [-0.05, 0) is 104 Å². The maximum atomic E-state index is 2.47. The first-order valence-corrected chi connectivity index (χ1v) is 21.2. The third-order valence-electron chi connectivity index (χ3n) is 12.3. The van der Waals surface area contributed by atoms with Gasteiger partial charge in [0.05, 0.1) is 5.69 Å². The van der Waals surface area contributed by atoms with Crippen molar-refractivity contribution >= 4 is 48.6 Å². The number of nitrogens with zero attached hydrogens (tertiary/aromatic N) is 1. The van der Waals surface area contributed by atoms with E-state index in [9.17, 15) is 0 Å². The van der Waals surface area contributed by atoms with Crippen LogP contribution in [0.3, 0.4) is 0 Å². The minimum atomic E-state index is -0.0554. The van der Waals surface area contributed by atoms with Gasteiger partial charge in [0.2, 0.25) is 0 Å². The number of hydrogen-bond acceptors (Lipinski definition) is 2. The molecule has 0 saturated carbocycles. The van der Waals surface area contributed by atoms with Crippen LogP contribution < -0.4 is 4.90 Å². The highest BCUT2D eigenvalue weighted by atomic mass is 32.1. The molecule has 0 aliphatic heterocycles. The molecule has 0 bridgehead atoms. The third kappa shape index (κ3) is 5.91. The van der Waals surface area contributed by atoms with E-state index in [-0.39, 0.29) is 5.41 Å². The molecule has 0 amide bonds. The summed E-state index contributed by atoms with van der Waals surface area (Å²) in [6.45, 7) is 4.71. The number of hydrogen-bond donors (Lipinski definition) is 0. The number of rotatable bonds is 7. The molecule has 0 atom stereocenters. The first kappa shape index (κ1) is 35.2. The van der Waals surface area contributed by atoms with Crippen molar-refractivity contribution in [2.24, 2.45) is 0 Å². The molecule has 0 radical (unpaired) electrons. The second-order valence-corrected chi connectivity index (χ2v) is 17.2.